The van der Waals surface area contributed by atoms with E-state index in [-0.39, 0.29) is 5.91 Å². The van der Waals surface area contributed by atoms with Crippen molar-refractivity contribution in [3.05, 3.63) is 12.2 Å². The van der Waals surface area contributed by atoms with Crippen LogP contribution in [0.15, 0.2) is 6.33 Å². The van der Waals surface area contributed by atoms with Crippen molar-refractivity contribution < 1.29 is 4.79 Å². The molecule has 1 rings (SSSR count). The van der Waals surface area contributed by atoms with Gasteiger partial charge in [0.05, 0.1) is 12.6 Å². The number of amides is 1. The Labute approximate surface area is 99.0 Å². The van der Waals surface area contributed by atoms with Crippen molar-refractivity contribution in [3.63, 3.8) is 0 Å². The summed E-state index contributed by atoms with van der Waals surface area (Å²) in [5.74, 6) is 1.32. The molecule has 0 aliphatic carbocycles. The van der Waals surface area contributed by atoms with Crippen molar-refractivity contribution in [2.24, 2.45) is 12.8 Å². The van der Waals surface area contributed by atoms with Gasteiger partial charge in [0.15, 0.2) is 5.82 Å². The Kier molecular flexibility index (Phi) is 5.27. The zero-order chi connectivity index (χ0) is 12.0. The summed E-state index contributed by atoms with van der Waals surface area (Å²) in [6, 6.07) is -0.448. The van der Waals surface area contributed by atoms with Gasteiger partial charge in [-0.15, -0.1) is 0 Å². The fourth-order valence-corrected chi connectivity index (χ4v) is 1.63. The number of rotatable bonds is 6. The molecule has 0 aliphatic heterocycles. The van der Waals surface area contributed by atoms with Crippen LogP contribution in [0.3, 0.4) is 0 Å². The molecule has 1 aromatic rings. The normalized spacial score (nSPS) is 12.4. The second kappa shape index (κ2) is 6.49. The molecule has 7 heteroatoms. The molecule has 0 fully saturated rings. The van der Waals surface area contributed by atoms with E-state index in [1.807, 2.05) is 6.26 Å². The van der Waals surface area contributed by atoms with Gasteiger partial charge in [-0.3, -0.25) is 9.48 Å². The number of carbonyl (C=O) groups excluding carboxylic acids is 1. The fourth-order valence-electron chi connectivity index (χ4n) is 1.14. The third-order valence-corrected chi connectivity index (χ3v) is 2.68. The maximum Gasteiger partial charge on any atom is 0.237 e. The SMILES string of the molecule is CSCC[C@H](N)C(=O)NCc1ncn(C)n1. The summed E-state index contributed by atoms with van der Waals surface area (Å²) in [7, 11) is 1.78. The molecule has 0 bridgehead atoms. The number of nitrogens with one attached hydrogen (secondary N) is 1. The van der Waals surface area contributed by atoms with Crippen LogP contribution < -0.4 is 11.1 Å². The summed E-state index contributed by atoms with van der Waals surface area (Å²) < 4.78 is 1.59. The molecule has 1 atom stereocenters. The minimum atomic E-state index is -0.448. The Hall–Kier alpha value is -1.08. The number of nitrogens with zero attached hydrogens (tertiary/aromatic N) is 3. The quantitative estimate of drug-likeness (QED) is 0.704. The smallest absolute Gasteiger partial charge is 0.237 e. The largest absolute Gasteiger partial charge is 0.347 e. The van der Waals surface area contributed by atoms with Crippen molar-refractivity contribution in [1.82, 2.24) is 20.1 Å². The first-order valence-electron chi connectivity index (χ1n) is 5.00. The third kappa shape index (κ3) is 4.19. The molecule has 16 heavy (non-hydrogen) atoms. The first-order valence-corrected chi connectivity index (χ1v) is 6.39. The highest BCUT2D eigenvalue weighted by molar-refractivity contribution is 7.98. The van der Waals surface area contributed by atoms with Gasteiger partial charge in [0.25, 0.3) is 0 Å². The van der Waals surface area contributed by atoms with Crippen LogP contribution in [-0.4, -0.2) is 38.7 Å². The molecule has 0 saturated carbocycles. The zero-order valence-electron chi connectivity index (χ0n) is 9.51. The molecule has 90 valence electrons. The minimum absolute atomic E-state index is 0.151. The molecule has 0 radical (unpaired) electrons. The maximum atomic E-state index is 11.5. The molecule has 1 heterocycles. The Morgan fingerprint density at radius 2 is 2.50 bits per heavy atom. The van der Waals surface area contributed by atoms with E-state index in [9.17, 15) is 4.79 Å². The van der Waals surface area contributed by atoms with Crippen LogP contribution in [0, 0.1) is 0 Å². The molecule has 1 amide bonds. The van der Waals surface area contributed by atoms with Crippen LogP contribution in [0.5, 0.6) is 0 Å². The van der Waals surface area contributed by atoms with Crippen LogP contribution >= 0.6 is 11.8 Å². The van der Waals surface area contributed by atoms with Gasteiger partial charge >= 0.3 is 0 Å². The molecule has 0 spiro atoms. The summed E-state index contributed by atoms with van der Waals surface area (Å²) in [4.78, 5) is 15.5. The van der Waals surface area contributed by atoms with E-state index in [2.05, 4.69) is 15.4 Å². The van der Waals surface area contributed by atoms with Crippen molar-refractivity contribution in [2.75, 3.05) is 12.0 Å². The van der Waals surface area contributed by atoms with Crippen molar-refractivity contribution >= 4 is 17.7 Å². The van der Waals surface area contributed by atoms with Gasteiger partial charge < -0.3 is 11.1 Å². The standard InChI is InChI=1S/C9H17N5OS/c1-14-6-12-8(13-14)5-11-9(15)7(10)3-4-16-2/h6-7H,3-5,10H2,1-2H3,(H,11,15)/t7-/m0/s1. The number of aromatic nitrogens is 3. The van der Waals surface area contributed by atoms with E-state index in [4.69, 9.17) is 5.73 Å². The second-order valence-corrected chi connectivity index (χ2v) is 4.43. The number of thioether (sulfide) groups is 1. The topological polar surface area (TPSA) is 85.8 Å². The molecular weight excluding hydrogens is 226 g/mol. The average Bonchev–Trinajstić information content (AvgIpc) is 2.68. The first kappa shape index (κ1) is 13.0. The lowest BCUT2D eigenvalue weighted by Crippen LogP contribution is -2.40. The Morgan fingerprint density at radius 1 is 1.75 bits per heavy atom. The van der Waals surface area contributed by atoms with E-state index < -0.39 is 6.04 Å². The summed E-state index contributed by atoms with van der Waals surface area (Å²) in [6.45, 7) is 0.326. The molecule has 0 aromatic carbocycles. The Balaban J connectivity index is 2.29. The van der Waals surface area contributed by atoms with Crippen LogP contribution in [0.1, 0.15) is 12.2 Å². The predicted octanol–water partition coefficient (Wildman–Crippen LogP) is -0.488. The summed E-state index contributed by atoms with van der Waals surface area (Å²) >= 11 is 1.68. The molecule has 3 N–H and O–H groups in total. The van der Waals surface area contributed by atoms with Crippen molar-refractivity contribution in [1.29, 1.82) is 0 Å². The fraction of sp³-hybridized carbons (Fsp3) is 0.667. The van der Waals surface area contributed by atoms with E-state index in [0.29, 0.717) is 18.8 Å². The lowest BCUT2D eigenvalue weighted by molar-refractivity contribution is -0.122. The zero-order valence-corrected chi connectivity index (χ0v) is 10.3. The highest BCUT2D eigenvalue weighted by Crippen LogP contribution is 1.98. The minimum Gasteiger partial charge on any atom is -0.347 e. The van der Waals surface area contributed by atoms with Crippen molar-refractivity contribution in [2.45, 2.75) is 19.0 Å². The second-order valence-electron chi connectivity index (χ2n) is 3.44. The van der Waals surface area contributed by atoms with Crippen molar-refractivity contribution in [3.8, 4) is 0 Å². The van der Waals surface area contributed by atoms with Gasteiger partial charge in [0.1, 0.15) is 6.33 Å². The number of nitrogens with two attached hydrogens (primary N) is 1. The van der Waals surface area contributed by atoms with Gasteiger partial charge in [0.2, 0.25) is 5.91 Å². The summed E-state index contributed by atoms with van der Waals surface area (Å²) in [5, 5.41) is 6.76. The lowest BCUT2D eigenvalue weighted by atomic mass is 10.2. The van der Waals surface area contributed by atoms with Gasteiger partial charge in [-0.05, 0) is 18.4 Å². The van der Waals surface area contributed by atoms with E-state index >= 15 is 0 Å². The van der Waals surface area contributed by atoms with E-state index in [1.54, 1.807) is 29.8 Å². The molecule has 0 aliphatic rings. The third-order valence-electron chi connectivity index (χ3n) is 2.04. The Bertz CT molecular complexity index is 340. The molecule has 0 unspecified atom stereocenters. The molecule has 1 aromatic heterocycles. The number of carbonyl (C=O) groups is 1. The highest BCUT2D eigenvalue weighted by Gasteiger charge is 2.12. The van der Waals surface area contributed by atoms with Gasteiger partial charge in [0, 0.05) is 7.05 Å². The van der Waals surface area contributed by atoms with Crippen LogP contribution in [0.4, 0.5) is 0 Å². The van der Waals surface area contributed by atoms with Crippen LogP contribution in [-0.2, 0) is 18.4 Å². The van der Waals surface area contributed by atoms with Gasteiger partial charge in [-0.25, -0.2) is 4.98 Å². The highest BCUT2D eigenvalue weighted by atomic mass is 32.2. The van der Waals surface area contributed by atoms with E-state index in [1.165, 1.54) is 0 Å². The van der Waals surface area contributed by atoms with Gasteiger partial charge in [-0.2, -0.15) is 16.9 Å². The number of hydrogen-bond donors (Lipinski definition) is 2. The molecular formula is C9H17N5OS. The Morgan fingerprint density at radius 3 is 3.06 bits per heavy atom. The van der Waals surface area contributed by atoms with Crippen LogP contribution in [0.25, 0.3) is 0 Å². The van der Waals surface area contributed by atoms with Crippen LogP contribution in [0.2, 0.25) is 0 Å². The maximum absolute atomic E-state index is 11.5. The lowest BCUT2D eigenvalue weighted by Gasteiger charge is -2.10. The number of hydrogen-bond acceptors (Lipinski definition) is 5. The predicted molar refractivity (Wildman–Crippen MR) is 63.8 cm³/mol. The number of aryl methyl sites for hydroxylation is 1. The summed E-state index contributed by atoms with van der Waals surface area (Å²) in [5.41, 5.74) is 5.70. The monoisotopic (exact) mass is 243 g/mol. The molecule has 6 nitrogen and oxygen atoms in total. The van der Waals surface area contributed by atoms with E-state index in [0.717, 1.165) is 5.75 Å². The average molecular weight is 243 g/mol. The summed E-state index contributed by atoms with van der Waals surface area (Å²) in [6.07, 6.45) is 4.26. The molecule has 0 saturated heterocycles. The van der Waals surface area contributed by atoms with Gasteiger partial charge in [-0.1, -0.05) is 0 Å². The first-order chi connectivity index (χ1) is 7.63.